The van der Waals surface area contributed by atoms with Crippen molar-refractivity contribution in [3.63, 3.8) is 0 Å². The van der Waals surface area contributed by atoms with Crippen LogP contribution in [0.25, 0.3) is 0 Å². The number of hydrogen-bond donors (Lipinski definition) is 3. The molecule has 0 fully saturated rings. The smallest absolute Gasteiger partial charge is 0.138 e. The van der Waals surface area contributed by atoms with Gasteiger partial charge in [-0.15, -0.1) is 0 Å². The predicted molar refractivity (Wildman–Crippen MR) is 51.5 cm³/mol. The quantitative estimate of drug-likeness (QED) is 0.587. The molecule has 0 aliphatic heterocycles. The van der Waals surface area contributed by atoms with E-state index in [1.165, 1.54) is 0 Å². The Morgan fingerprint density at radius 1 is 1.25 bits per heavy atom. The third kappa shape index (κ3) is 2.53. The van der Waals surface area contributed by atoms with Crippen LogP contribution in [0.1, 0.15) is 13.3 Å². The number of hydrogen-bond acceptors (Lipinski definition) is 3. The number of anilines is 1. The lowest BCUT2D eigenvalue weighted by Gasteiger charge is -2.25. The normalized spacial score (nSPS) is 11.2. The van der Waals surface area contributed by atoms with Gasteiger partial charge >= 0.3 is 0 Å². The fourth-order valence-corrected chi connectivity index (χ4v) is 0.879. The summed E-state index contributed by atoms with van der Waals surface area (Å²) in [6.45, 7) is 1.94. The van der Waals surface area contributed by atoms with E-state index >= 15 is 0 Å². The van der Waals surface area contributed by atoms with Crippen molar-refractivity contribution < 1.29 is 0 Å². The van der Waals surface area contributed by atoms with E-state index in [0.717, 1.165) is 5.69 Å². The lowest BCUT2D eigenvalue weighted by molar-refractivity contribution is 0.489. The van der Waals surface area contributed by atoms with Gasteiger partial charge < -0.3 is 5.32 Å². The molecule has 0 heterocycles. The highest BCUT2D eigenvalue weighted by molar-refractivity contribution is 5.44. The van der Waals surface area contributed by atoms with Crippen molar-refractivity contribution in [2.24, 2.45) is 11.5 Å². The molecule has 1 rings (SSSR count). The zero-order valence-corrected chi connectivity index (χ0v) is 7.25. The van der Waals surface area contributed by atoms with Crippen molar-refractivity contribution in [1.29, 1.82) is 0 Å². The van der Waals surface area contributed by atoms with Crippen LogP contribution in [-0.4, -0.2) is 5.79 Å². The molecule has 12 heavy (non-hydrogen) atoms. The molecule has 0 amide bonds. The second kappa shape index (κ2) is 3.56. The maximum atomic E-state index is 5.71. The molecule has 0 radical (unpaired) electrons. The minimum Gasteiger partial charge on any atom is -0.355 e. The monoisotopic (exact) mass is 165 g/mol. The Bertz CT molecular complexity index is 231. The highest BCUT2D eigenvalue weighted by Gasteiger charge is 2.14. The van der Waals surface area contributed by atoms with E-state index in [2.05, 4.69) is 5.32 Å². The van der Waals surface area contributed by atoms with Crippen LogP contribution in [0.4, 0.5) is 5.69 Å². The fourth-order valence-electron chi connectivity index (χ4n) is 0.879. The Morgan fingerprint density at radius 2 is 1.83 bits per heavy atom. The van der Waals surface area contributed by atoms with Crippen LogP contribution in [0, 0.1) is 0 Å². The van der Waals surface area contributed by atoms with Crippen LogP contribution < -0.4 is 16.8 Å². The molecule has 0 bridgehead atoms. The van der Waals surface area contributed by atoms with E-state index in [1.807, 2.05) is 37.3 Å². The van der Waals surface area contributed by atoms with Crippen LogP contribution in [0.3, 0.4) is 0 Å². The first-order valence-corrected chi connectivity index (χ1v) is 4.05. The summed E-state index contributed by atoms with van der Waals surface area (Å²) in [4.78, 5) is 0. The van der Waals surface area contributed by atoms with Gasteiger partial charge in [-0.05, 0) is 18.6 Å². The summed E-state index contributed by atoms with van der Waals surface area (Å²) in [6, 6.07) is 9.70. The summed E-state index contributed by atoms with van der Waals surface area (Å²) in [5.74, 6) is -0.804. The van der Waals surface area contributed by atoms with Crippen LogP contribution in [-0.2, 0) is 0 Å². The molecular formula is C9H15N3. The number of nitrogens with two attached hydrogens (primary N) is 2. The third-order valence-electron chi connectivity index (χ3n) is 1.74. The molecule has 1 aromatic rings. The number of rotatable bonds is 3. The van der Waals surface area contributed by atoms with Crippen molar-refractivity contribution in [1.82, 2.24) is 0 Å². The molecule has 0 aromatic heterocycles. The van der Waals surface area contributed by atoms with E-state index in [9.17, 15) is 0 Å². The van der Waals surface area contributed by atoms with E-state index in [0.29, 0.717) is 6.42 Å². The molecule has 66 valence electrons. The van der Waals surface area contributed by atoms with E-state index < -0.39 is 5.79 Å². The van der Waals surface area contributed by atoms with Crippen LogP contribution in [0.5, 0.6) is 0 Å². The molecule has 3 nitrogen and oxygen atoms in total. The Balaban J connectivity index is 2.64. The summed E-state index contributed by atoms with van der Waals surface area (Å²) in [6.07, 6.45) is 0.682. The Labute approximate surface area is 72.8 Å². The Morgan fingerprint density at radius 3 is 2.33 bits per heavy atom. The molecule has 0 spiro atoms. The van der Waals surface area contributed by atoms with Gasteiger partial charge in [-0.3, -0.25) is 11.5 Å². The molecule has 3 heteroatoms. The molecule has 0 saturated heterocycles. The molecule has 0 aliphatic carbocycles. The second-order valence-corrected chi connectivity index (χ2v) is 2.88. The van der Waals surface area contributed by atoms with Gasteiger partial charge in [0.2, 0.25) is 0 Å². The van der Waals surface area contributed by atoms with Gasteiger partial charge in [-0.25, -0.2) is 0 Å². The molecule has 0 saturated carbocycles. The predicted octanol–water partition coefficient (Wildman–Crippen LogP) is 1.08. The van der Waals surface area contributed by atoms with E-state index in [4.69, 9.17) is 11.5 Å². The molecule has 0 aliphatic rings. The maximum absolute atomic E-state index is 5.71. The summed E-state index contributed by atoms with van der Waals surface area (Å²) < 4.78 is 0. The Kier molecular flexibility index (Phi) is 2.68. The van der Waals surface area contributed by atoms with Gasteiger partial charge in [0.25, 0.3) is 0 Å². The first-order valence-electron chi connectivity index (χ1n) is 4.05. The average molecular weight is 165 g/mol. The summed E-state index contributed by atoms with van der Waals surface area (Å²) in [5.41, 5.74) is 12.4. The minimum atomic E-state index is -0.804. The van der Waals surface area contributed by atoms with E-state index in [-0.39, 0.29) is 0 Å². The van der Waals surface area contributed by atoms with Crippen LogP contribution >= 0.6 is 0 Å². The molecule has 1 aromatic carbocycles. The highest BCUT2D eigenvalue weighted by Crippen LogP contribution is 2.09. The zero-order chi connectivity index (χ0) is 9.03. The standard InChI is InChI=1S/C9H15N3/c1-2-9(10,11)12-8-6-4-3-5-7-8/h3-7,12H,2,10-11H2,1H3. The number of nitrogens with one attached hydrogen (secondary N) is 1. The van der Waals surface area contributed by atoms with Crippen molar-refractivity contribution >= 4 is 5.69 Å². The van der Waals surface area contributed by atoms with Crippen LogP contribution in [0.15, 0.2) is 30.3 Å². The van der Waals surface area contributed by atoms with Gasteiger partial charge in [0.05, 0.1) is 0 Å². The van der Waals surface area contributed by atoms with Gasteiger partial charge in [-0.1, -0.05) is 25.1 Å². The van der Waals surface area contributed by atoms with Gasteiger partial charge in [0, 0.05) is 5.69 Å². The second-order valence-electron chi connectivity index (χ2n) is 2.88. The van der Waals surface area contributed by atoms with Crippen molar-refractivity contribution in [2.75, 3.05) is 5.32 Å². The van der Waals surface area contributed by atoms with Gasteiger partial charge in [0.15, 0.2) is 0 Å². The van der Waals surface area contributed by atoms with Crippen molar-refractivity contribution in [3.05, 3.63) is 30.3 Å². The molecular weight excluding hydrogens is 150 g/mol. The fraction of sp³-hybridized carbons (Fsp3) is 0.333. The number of para-hydroxylation sites is 1. The lowest BCUT2D eigenvalue weighted by Crippen LogP contribution is -2.55. The molecule has 0 atom stereocenters. The summed E-state index contributed by atoms with van der Waals surface area (Å²) in [5, 5.41) is 3.02. The first-order chi connectivity index (χ1) is 5.64. The topological polar surface area (TPSA) is 64.1 Å². The first kappa shape index (κ1) is 9.03. The minimum absolute atomic E-state index is 0.682. The van der Waals surface area contributed by atoms with Crippen molar-refractivity contribution in [3.8, 4) is 0 Å². The Hall–Kier alpha value is -1.06. The SMILES string of the molecule is CCC(N)(N)Nc1ccccc1. The molecule has 0 unspecified atom stereocenters. The zero-order valence-electron chi connectivity index (χ0n) is 7.25. The summed E-state index contributed by atoms with van der Waals surface area (Å²) in [7, 11) is 0. The van der Waals surface area contributed by atoms with E-state index in [1.54, 1.807) is 0 Å². The average Bonchev–Trinajstić information content (AvgIpc) is 2.06. The van der Waals surface area contributed by atoms with Gasteiger partial charge in [0.1, 0.15) is 5.79 Å². The third-order valence-corrected chi connectivity index (χ3v) is 1.74. The highest BCUT2D eigenvalue weighted by atomic mass is 15.2. The van der Waals surface area contributed by atoms with Crippen molar-refractivity contribution in [2.45, 2.75) is 19.1 Å². The van der Waals surface area contributed by atoms with Gasteiger partial charge in [-0.2, -0.15) is 0 Å². The van der Waals surface area contributed by atoms with Crippen LogP contribution in [0.2, 0.25) is 0 Å². The largest absolute Gasteiger partial charge is 0.355 e. The molecule has 5 N–H and O–H groups in total. The maximum Gasteiger partial charge on any atom is 0.138 e. The lowest BCUT2D eigenvalue weighted by atomic mass is 10.2. The number of benzene rings is 1. The summed E-state index contributed by atoms with van der Waals surface area (Å²) >= 11 is 0.